The van der Waals surface area contributed by atoms with Crippen LogP contribution in [0.3, 0.4) is 0 Å². The predicted molar refractivity (Wildman–Crippen MR) is 75.2 cm³/mol. The van der Waals surface area contributed by atoms with Crippen molar-refractivity contribution in [2.24, 2.45) is 11.8 Å². The van der Waals surface area contributed by atoms with Gasteiger partial charge in [-0.05, 0) is 29.7 Å². The second kappa shape index (κ2) is 6.07. The number of hydrogen-bond acceptors (Lipinski definition) is 5. The number of Topliss-reactive ketones (excluding diaryl/α,β-unsaturated/α-hetero) is 1. The predicted octanol–water partition coefficient (Wildman–Crippen LogP) is 2.01. The molecule has 1 aliphatic rings. The van der Waals surface area contributed by atoms with Crippen LogP contribution in [0.2, 0.25) is 0 Å². The lowest BCUT2D eigenvalue weighted by Crippen LogP contribution is -2.16. The third kappa shape index (κ3) is 2.55. The summed E-state index contributed by atoms with van der Waals surface area (Å²) in [6, 6.07) is 5.29. The molecule has 1 atom stereocenters. The standard InChI is InChI=1S/C15H19NO4/c1-3-9-4-5-11(20-16)7-12(9)14-13(17)6-10(8-19-2)15(14)18/h4-5,7,10,17H,3,6,8,16H2,1-2H3. The van der Waals surface area contributed by atoms with Crippen molar-refractivity contribution in [3.8, 4) is 5.75 Å². The molecule has 1 unspecified atom stereocenters. The van der Waals surface area contributed by atoms with Gasteiger partial charge in [-0.3, -0.25) is 4.79 Å². The van der Waals surface area contributed by atoms with Crippen molar-refractivity contribution in [3.63, 3.8) is 0 Å². The Morgan fingerprint density at radius 3 is 2.80 bits per heavy atom. The molecule has 0 spiro atoms. The summed E-state index contributed by atoms with van der Waals surface area (Å²) in [5, 5.41) is 10.1. The number of ketones is 1. The van der Waals surface area contributed by atoms with Crippen molar-refractivity contribution in [1.82, 2.24) is 0 Å². The Morgan fingerprint density at radius 1 is 1.45 bits per heavy atom. The Hall–Kier alpha value is -1.85. The molecule has 0 bridgehead atoms. The van der Waals surface area contributed by atoms with Crippen molar-refractivity contribution < 1.29 is 19.5 Å². The zero-order chi connectivity index (χ0) is 14.7. The number of rotatable bonds is 5. The number of aryl methyl sites for hydroxylation is 1. The van der Waals surface area contributed by atoms with Gasteiger partial charge >= 0.3 is 0 Å². The van der Waals surface area contributed by atoms with E-state index in [9.17, 15) is 9.90 Å². The Bertz CT molecular complexity index is 551. The van der Waals surface area contributed by atoms with Crippen LogP contribution < -0.4 is 10.7 Å². The van der Waals surface area contributed by atoms with Crippen LogP contribution in [0.4, 0.5) is 0 Å². The number of hydrogen-bond donors (Lipinski definition) is 2. The lowest BCUT2D eigenvalue weighted by Gasteiger charge is -2.11. The number of benzene rings is 1. The smallest absolute Gasteiger partial charge is 0.172 e. The molecule has 1 aromatic carbocycles. The second-order valence-corrected chi connectivity index (χ2v) is 4.83. The molecule has 0 aromatic heterocycles. The molecule has 0 saturated carbocycles. The minimum Gasteiger partial charge on any atom is -0.512 e. The van der Waals surface area contributed by atoms with E-state index < -0.39 is 0 Å². The summed E-state index contributed by atoms with van der Waals surface area (Å²) in [7, 11) is 1.54. The lowest BCUT2D eigenvalue weighted by atomic mass is 9.94. The van der Waals surface area contributed by atoms with Gasteiger partial charge in [0.1, 0.15) is 11.5 Å². The molecule has 5 heteroatoms. The van der Waals surface area contributed by atoms with Crippen LogP contribution in [0.25, 0.3) is 5.57 Å². The van der Waals surface area contributed by atoms with Crippen LogP contribution >= 0.6 is 0 Å². The zero-order valence-corrected chi connectivity index (χ0v) is 11.7. The van der Waals surface area contributed by atoms with Gasteiger partial charge in [-0.2, -0.15) is 5.90 Å². The molecule has 0 aliphatic heterocycles. The molecule has 20 heavy (non-hydrogen) atoms. The summed E-state index contributed by atoms with van der Waals surface area (Å²) in [6.07, 6.45) is 1.07. The molecule has 108 valence electrons. The highest BCUT2D eigenvalue weighted by Crippen LogP contribution is 2.36. The van der Waals surface area contributed by atoms with E-state index in [0.29, 0.717) is 29.9 Å². The molecule has 0 heterocycles. The van der Waals surface area contributed by atoms with E-state index in [4.69, 9.17) is 15.5 Å². The van der Waals surface area contributed by atoms with Crippen LogP contribution in [-0.2, 0) is 16.0 Å². The largest absolute Gasteiger partial charge is 0.512 e. The number of nitrogens with two attached hydrogens (primary N) is 1. The first-order valence-corrected chi connectivity index (χ1v) is 6.57. The number of ether oxygens (including phenoxy) is 1. The van der Waals surface area contributed by atoms with Crippen molar-refractivity contribution in [1.29, 1.82) is 0 Å². The Labute approximate surface area is 117 Å². The van der Waals surface area contributed by atoms with E-state index in [1.807, 2.05) is 13.0 Å². The van der Waals surface area contributed by atoms with E-state index in [0.717, 1.165) is 12.0 Å². The van der Waals surface area contributed by atoms with Crippen LogP contribution in [0.1, 0.15) is 24.5 Å². The highest BCUT2D eigenvalue weighted by molar-refractivity contribution is 6.24. The second-order valence-electron chi connectivity index (χ2n) is 4.83. The fraction of sp³-hybridized carbons (Fsp3) is 0.400. The summed E-state index contributed by atoms with van der Waals surface area (Å²) in [6.45, 7) is 2.30. The van der Waals surface area contributed by atoms with Crippen LogP contribution in [-0.4, -0.2) is 24.6 Å². The summed E-state index contributed by atoms with van der Waals surface area (Å²) in [5.74, 6) is 5.33. The average Bonchev–Trinajstić information content (AvgIpc) is 2.73. The monoisotopic (exact) mass is 277 g/mol. The van der Waals surface area contributed by atoms with Crippen molar-refractivity contribution in [2.45, 2.75) is 19.8 Å². The van der Waals surface area contributed by atoms with Gasteiger partial charge in [0.2, 0.25) is 0 Å². The van der Waals surface area contributed by atoms with Crippen molar-refractivity contribution in [2.75, 3.05) is 13.7 Å². The van der Waals surface area contributed by atoms with E-state index in [1.54, 1.807) is 19.2 Å². The number of methoxy groups -OCH3 is 1. The summed E-state index contributed by atoms with van der Waals surface area (Å²) in [5.41, 5.74) is 2.03. The highest BCUT2D eigenvalue weighted by Gasteiger charge is 2.34. The first-order valence-electron chi connectivity index (χ1n) is 6.57. The molecule has 0 radical (unpaired) electrons. The van der Waals surface area contributed by atoms with Crippen LogP contribution in [0.5, 0.6) is 5.75 Å². The third-order valence-electron chi connectivity index (χ3n) is 3.58. The highest BCUT2D eigenvalue weighted by atomic mass is 16.6. The summed E-state index contributed by atoms with van der Waals surface area (Å²) in [4.78, 5) is 17.1. The quantitative estimate of drug-likeness (QED) is 0.804. The minimum atomic E-state index is -0.317. The van der Waals surface area contributed by atoms with Gasteiger partial charge in [0, 0.05) is 13.5 Å². The fourth-order valence-corrected chi connectivity index (χ4v) is 2.57. The minimum absolute atomic E-state index is 0.0896. The number of carbonyl (C=O) groups excluding carboxylic acids is 1. The maximum absolute atomic E-state index is 12.4. The van der Waals surface area contributed by atoms with Crippen LogP contribution in [0, 0.1) is 5.92 Å². The van der Waals surface area contributed by atoms with Crippen molar-refractivity contribution >= 4 is 11.4 Å². The molecule has 0 fully saturated rings. The van der Waals surface area contributed by atoms with E-state index in [2.05, 4.69) is 0 Å². The Kier molecular flexibility index (Phi) is 4.42. The number of aliphatic hydroxyl groups excluding tert-OH is 1. The van der Waals surface area contributed by atoms with Gasteiger partial charge in [-0.25, -0.2) is 0 Å². The van der Waals surface area contributed by atoms with Gasteiger partial charge in [-0.1, -0.05) is 13.0 Å². The molecule has 2 rings (SSSR count). The average molecular weight is 277 g/mol. The van der Waals surface area contributed by atoms with Crippen LogP contribution in [0.15, 0.2) is 24.0 Å². The fourth-order valence-electron chi connectivity index (χ4n) is 2.57. The molecule has 0 amide bonds. The molecular formula is C15H19NO4. The Balaban J connectivity index is 2.45. The van der Waals surface area contributed by atoms with E-state index >= 15 is 0 Å². The van der Waals surface area contributed by atoms with Gasteiger partial charge in [-0.15, -0.1) is 0 Å². The van der Waals surface area contributed by atoms with Gasteiger partial charge in [0.05, 0.1) is 18.1 Å². The summed E-state index contributed by atoms with van der Waals surface area (Å²) < 4.78 is 5.03. The van der Waals surface area contributed by atoms with E-state index in [-0.39, 0.29) is 17.5 Å². The third-order valence-corrected chi connectivity index (χ3v) is 3.58. The van der Waals surface area contributed by atoms with Gasteiger partial charge in [0.25, 0.3) is 0 Å². The molecule has 1 aromatic rings. The topological polar surface area (TPSA) is 81.8 Å². The van der Waals surface area contributed by atoms with Gasteiger partial charge in [0.15, 0.2) is 5.78 Å². The zero-order valence-electron chi connectivity index (χ0n) is 11.7. The molecule has 1 aliphatic carbocycles. The number of aliphatic hydroxyl groups is 1. The first-order chi connectivity index (χ1) is 9.62. The molecule has 3 N–H and O–H groups in total. The number of carbonyl (C=O) groups is 1. The van der Waals surface area contributed by atoms with E-state index in [1.165, 1.54) is 0 Å². The number of allylic oxidation sites excluding steroid dienone is 2. The van der Waals surface area contributed by atoms with Crippen molar-refractivity contribution in [3.05, 3.63) is 35.1 Å². The first kappa shape index (κ1) is 14.6. The Morgan fingerprint density at radius 2 is 2.20 bits per heavy atom. The maximum Gasteiger partial charge on any atom is 0.172 e. The SMILES string of the molecule is CCc1ccc(ON)cc1C1=C(O)CC(COC)C1=O. The molecule has 0 saturated heterocycles. The summed E-state index contributed by atoms with van der Waals surface area (Å²) >= 11 is 0. The normalized spacial score (nSPS) is 18.8. The molecular weight excluding hydrogens is 258 g/mol. The van der Waals surface area contributed by atoms with Gasteiger partial charge < -0.3 is 14.7 Å². The lowest BCUT2D eigenvalue weighted by molar-refractivity contribution is -0.118. The maximum atomic E-state index is 12.4. The molecule has 5 nitrogen and oxygen atoms in total.